The molecule has 1 fully saturated rings. The maximum atomic E-state index is 5.64. The van der Waals surface area contributed by atoms with Gasteiger partial charge >= 0.3 is 0 Å². The van der Waals surface area contributed by atoms with E-state index in [2.05, 4.69) is 98.6 Å². The fourth-order valence-corrected chi connectivity index (χ4v) is 6.76. The molecule has 0 saturated carbocycles. The number of nitrogens with one attached hydrogen (secondary N) is 1. The van der Waals surface area contributed by atoms with Crippen LogP contribution in [0.2, 0.25) is 0 Å². The SMILES string of the molecule is COc1cccc(C23CCN(CCc4ccccc4)CC2Cc2c([nH]c4ccc(Br)cc24)C3)c1. The number of hydrogen-bond acceptors (Lipinski definition) is 2. The summed E-state index contributed by atoms with van der Waals surface area (Å²) in [7, 11) is 1.77. The van der Waals surface area contributed by atoms with Gasteiger partial charge in [0, 0.05) is 39.6 Å². The minimum Gasteiger partial charge on any atom is -0.497 e. The van der Waals surface area contributed by atoms with Crippen LogP contribution in [0.25, 0.3) is 10.9 Å². The van der Waals surface area contributed by atoms with Gasteiger partial charge in [0.25, 0.3) is 0 Å². The van der Waals surface area contributed by atoms with Gasteiger partial charge < -0.3 is 14.6 Å². The highest BCUT2D eigenvalue weighted by atomic mass is 79.9. The Morgan fingerprint density at radius 2 is 1.94 bits per heavy atom. The van der Waals surface area contributed by atoms with Crippen LogP contribution in [0.1, 0.15) is 28.8 Å². The van der Waals surface area contributed by atoms with Crippen molar-refractivity contribution < 1.29 is 4.74 Å². The van der Waals surface area contributed by atoms with E-state index in [9.17, 15) is 0 Å². The molecule has 0 radical (unpaired) electrons. The van der Waals surface area contributed by atoms with Crippen molar-refractivity contribution in [2.24, 2.45) is 5.92 Å². The van der Waals surface area contributed by atoms with Gasteiger partial charge in [-0.15, -0.1) is 0 Å². The molecule has 1 aromatic heterocycles. The largest absolute Gasteiger partial charge is 0.497 e. The van der Waals surface area contributed by atoms with Crippen LogP contribution >= 0.6 is 15.9 Å². The summed E-state index contributed by atoms with van der Waals surface area (Å²) < 4.78 is 6.79. The molecule has 2 unspecified atom stereocenters. The molecule has 1 aliphatic heterocycles. The molecule has 4 heteroatoms. The molecule has 4 aromatic rings. The molecule has 174 valence electrons. The number of benzene rings is 3. The molecule has 1 N–H and O–H groups in total. The van der Waals surface area contributed by atoms with Crippen molar-refractivity contribution in [3.05, 3.63) is 99.7 Å². The smallest absolute Gasteiger partial charge is 0.119 e. The fourth-order valence-electron chi connectivity index (χ4n) is 6.40. The van der Waals surface area contributed by atoms with Crippen molar-refractivity contribution in [3.63, 3.8) is 0 Å². The summed E-state index contributed by atoms with van der Waals surface area (Å²) in [4.78, 5) is 6.49. The standard InChI is InChI=1S/C30H31BrN2O/c1-34-25-9-5-8-22(16-25)30-13-15-33(14-12-21-6-3-2-4-7-21)20-23(30)17-26-27-18-24(31)10-11-28(27)32-29(26)19-30/h2-11,16,18,23,32H,12-15,17,19-20H2,1H3. The highest BCUT2D eigenvalue weighted by Crippen LogP contribution is 2.49. The number of aromatic amines is 1. The first-order valence-electron chi connectivity index (χ1n) is 12.3. The van der Waals surface area contributed by atoms with Gasteiger partial charge in [0.05, 0.1) is 7.11 Å². The normalized spacial score (nSPS) is 22.4. The summed E-state index contributed by atoms with van der Waals surface area (Å²) in [6, 6.07) is 26.4. The lowest BCUT2D eigenvalue weighted by Crippen LogP contribution is -2.54. The summed E-state index contributed by atoms with van der Waals surface area (Å²) in [5, 5.41) is 1.38. The molecule has 2 aliphatic rings. The van der Waals surface area contributed by atoms with Gasteiger partial charge in [-0.05, 0) is 85.2 Å². The van der Waals surface area contributed by atoms with E-state index < -0.39 is 0 Å². The summed E-state index contributed by atoms with van der Waals surface area (Å²) in [6.45, 7) is 3.41. The van der Waals surface area contributed by atoms with Crippen molar-refractivity contribution in [2.45, 2.75) is 31.1 Å². The van der Waals surface area contributed by atoms with Crippen LogP contribution < -0.4 is 4.74 Å². The molecule has 1 aliphatic carbocycles. The van der Waals surface area contributed by atoms with Gasteiger partial charge in [-0.3, -0.25) is 0 Å². The molecule has 3 nitrogen and oxygen atoms in total. The van der Waals surface area contributed by atoms with Crippen molar-refractivity contribution >= 4 is 26.8 Å². The molecule has 3 aromatic carbocycles. The van der Waals surface area contributed by atoms with Crippen molar-refractivity contribution in [3.8, 4) is 5.75 Å². The summed E-state index contributed by atoms with van der Waals surface area (Å²) in [6.07, 6.45) is 4.48. The summed E-state index contributed by atoms with van der Waals surface area (Å²) in [5.41, 5.74) is 7.20. The maximum absolute atomic E-state index is 5.64. The number of likely N-dealkylation sites (tertiary alicyclic amines) is 1. The quantitative estimate of drug-likeness (QED) is 0.327. The second kappa shape index (κ2) is 8.90. The number of nitrogens with zero attached hydrogens (tertiary/aromatic N) is 1. The zero-order valence-electron chi connectivity index (χ0n) is 19.7. The zero-order chi connectivity index (χ0) is 23.1. The number of H-pyrrole nitrogens is 1. The van der Waals surface area contributed by atoms with Crippen molar-refractivity contribution in [1.82, 2.24) is 9.88 Å². The van der Waals surface area contributed by atoms with E-state index in [4.69, 9.17) is 4.74 Å². The molecule has 2 atom stereocenters. The van der Waals surface area contributed by atoms with Crippen LogP contribution in [0.15, 0.2) is 77.3 Å². The van der Waals surface area contributed by atoms with E-state index in [-0.39, 0.29) is 5.41 Å². The number of rotatable bonds is 5. The topological polar surface area (TPSA) is 28.3 Å². The van der Waals surface area contributed by atoms with Gasteiger partial charge in [0.1, 0.15) is 5.75 Å². The van der Waals surface area contributed by atoms with Crippen LogP contribution in [0, 0.1) is 5.92 Å². The molecule has 0 spiro atoms. The molecular formula is C30H31BrN2O. The molecular weight excluding hydrogens is 484 g/mol. The lowest BCUT2D eigenvalue weighted by atomic mass is 9.58. The van der Waals surface area contributed by atoms with Crippen LogP contribution in [-0.2, 0) is 24.7 Å². The number of hydrogen-bond donors (Lipinski definition) is 1. The van der Waals surface area contributed by atoms with E-state index in [1.165, 1.54) is 39.7 Å². The van der Waals surface area contributed by atoms with E-state index in [1.54, 1.807) is 7.11 Å². The summed E-state index contributed by atoms with van der Waals surface area (Å²) >= 11 is 3.69. The third-order valence-corrected chi connectivity index (χ3v) is 8.73. The van der Waals surface area contributed by atoms with Gasteiger partial charge in [0.2, 0.25) is 0 Å². The highest BCUT2D eigenvalue weighted by Gasteiger charge is 2.48. The number of methoxy groups -OCH3 is 1. The second-order valence-electron chi connectivity index (χ2n) is 10.0. The molecule has 2 heterocycles. The Morgan fingerprint density at radius 3 is 2.79 bits per heavy atom. The Bertz CT molecular complexity index is 1310. The maximum Gasteiger partial charge on any atom is 0.119 e. The minimum atomic E-state index is 0.142. The second-order valence-corrected chi connectivity index (χ2v) is 10.9. The van der Waals surface area contributed by atoms with Crippen LogP contribution in [-0.4, -0.2) is 36.6 Å². The highest BCUT2D eigenvalue weighted by molar-refractivity contribution is 9.10. The average Bonchev–Trinajstić information content (AvgIpc) is 3.22. The Balaban J connectivity index is 1.36. The van der Waals surface area contributed by atoms with E-state index in [0.717, 1.165) is 49.1 Å². The zero-order valence-corrected chi connectivity index (χ0v) is 21.3. The first kappa shape index (κ1) is 21.9. The van der Waals surface area contributed by atoms with Crippen molar-refractivity contribution in [2.75, 3.05) is 26.7 Å². The minimum absolute atomic E-state index is 0.142. The molecule has 0 amide bonds. The van der Waals surface area contributed by atoms with Crippen LogP contribution in [0.4, 0.5) is 0 Å². The number of ether oxygens (including phenoxy) is 1. The number of piperidine rings is 1. The monoisotopic (exact) mass is 514 g/mol. The Hall–Kier alpha value is -2.56. The Kier molecular flexibility index (Phi) is 5.74. The van der Waals surface area contributed by atoms with Crippen LogP contribution in [0.5, 0.6) is 5.75 Å². The first-order chi connectivity index (χ1) is 16.6. The third-order valence-electron chi connectivity index (χ3n) is 8.24. The summed E-state index contributed by atoms with van der Waals surface area (Å²) in [5.74, 6) is 1.54. The predicted molar refractivity (Wildman–Crippen MR) is 143 cm³/mol. The van der Waals surface area contributed by atoms with Gasteiger partial charge in [-0.2, -0.15) is 0 Å². The Labute approximate surface area is 210 Å². The average molecular weight is 515 g/mol. The van der Waals surface area contributed by atoms with Gasteiger partial charge in [-0.25, -0.2) is 0 Å². The lowest BCUT2D eigenvalue weighted by Gasteiger charge is -2.51. The van der Waals surface area contributed by atoms with Crippen molar-refractivity contribution in [1.29, 1.82) is 0 Å². The van der Waals surface area contributed by atoms with E-state index >= 15 is 0 Å². The molecule has 0 bridgehead atoms. The lowest BCUT2D eigenvalue weighted by molar-refractivity contribution is 0.0822. The fraction of sp³-hybridized carbons (Fsp3) is 0.333. The first-order valence-corrected chi connectivity index (χ1v) is 13.1. The molecule has 1 saturated heterocycles. The number of fused-ring (bicyclic) bond motifs is 4. The van der Waals surface area contributed by atoms with E-state index in [1.807, 2.05) is 0 Å². The Morgan fingerprint density at radius 1 is 1.06 bits per heavy atom. The van der Waals surface area contributed by atoms with E-state index in [0.29, 0.717) is 5.92 Å². The number of aromatic nitrogens is 1. The number of halogens is 1. The predicted octanol–water partition coefficient (Wildman–Crippen LogP) is 6.54. The van der Waals surface area contributed by atoms with Crippen LogP contribution in [0.3, 0.4) is 0 Å². The van der Waals surface area contributed by atoms with Gasteiger partial charge in [0.15, 0.2) is 0 Å². The molecule has 6 rings (SSSR count). The third kappa shape index (κ3) is 3.87. The van der Waals surface area contributed by atoms with Gasteiger partial charge in [-0.1, -0.05) is 58.4 Å². The molecule has 34 heavy (non-hydrogen) atoms.